The molecule has 0 amide bonds. The number of β-amino-alcohol motifs (C(OH)–C–C–N with tert-alkyl or cyclic N) is 1. The van der Waals surface area contributed by atoms with Crippen molar-refractivity contribution in [2.45, 2.75) is 18.8 Å². The summed E-state index contributed by atoms with van der Waals surface area (Å²) in [4.78, 5) is 2.23. The van der Waals surface area contributed by atoms with Crippen LogP contribution in [0.3, 0.4) is 0 Å². The number of hydrogen-bond acceptors (Lipinski definition) is 4. The molecule has 0 spiro atoms. The number of aliphatic hydroxyl groups is 1. The number of morpholine rings is 1. The van der Waals surface area contributed by atoms with Crippen molar-refractivity contribution < 1.29 is 14.6 Å². The molecule has 0 saturated carbocycles. The molecule has 4 nitrogen and oxygen atoms in total. The van der Waals surface area contributed by atoms with Crippen LogP contribution in [0.4, 0.5) is 0 Å². The van der Waals surface area contributed by atoms with Crippen LogP contribution in [0.2, 0.25) is 5.02 Å². The van der Waals surface area contributed by atoms with E-state index < -0.39 is 6.10 Å². The van der Waals surface area contributed by atoms with E-state index in [1.165, 1.54) is 0 Å². The van der Waals surface area contributed by atoms with Gasteiger partial charge in [0, 0.05) is 29.1 Å². The fourth-order valence-corrected chi connectivity index (χ4v) is 3.56. The molecule has 1 N–H and O–H groups in total. The average molecular weight is 441 g/mol. The molecule has 140 valence electrons. The summed E-state index contributed by atoms with van der Waals surface area (Å²) >= 11 is 9.37. The zero-order chi connectivity index (χ0) is 18.4. The van der Waals surface area contributed by atoms with Gasteiger partial charge >= 0.3 is 0 Å². The van der Waals surface area contributed by atoms with Gasteiger partial charge in [-0.25, -0.2) is 0 Å². The quantitative estimate of drug-likeness (QED) is 0.705. The van der Waals surface area contributed by atoms with E-state index >= 15 is 0 Å². The van der Waals surface area contributed by atoms with Gasteiger partial charge in [-0.3, -0.25) is 4.90 Å². The summed E-state index contributed by atoms with van der Waals surface area (Å²) in [7, 11) is 0. The van der Waals surface area contributed by atoms with Crippen LogP contribution in [0.5, 0.6) is 0 Å². The summed E-state index contributed by atoms with van der Waals surface area (Å²) in [5.41, 5.74) is 2.19. The minimum Gasteiger partial charge on any atom is -0.389 e. The third kappa shape index (κ3) is 6.05. The number of nitrogens with zero attached hydrogens (tertiary/aromatic N) is 1. The SMILES string of the molecule is OC(COCc1ccc(Cl)cc1)CN1CCOC(c2cccc(Br)c2)C1. The molecule has 1 saturated heterocycles. The lowest BCUT2D eigenvalue weighted by atomic mass is 10.1. The zero-order valence-corrected chi connectivity index (χ0v) is 16.8. The summed E-state index contributed by atoms with van der Waals surface area (Å²) in [6, 6.07) is 15.7. The maximum absolute atomic E-state index is 10.3. The lowest BCUT2D eigenvalue weighted by Gasteiger charge is -2.34. The minimum absolute atomic E-state index is 0.0310. The highest BCUT2D eigenvalue weighted by atomic mass is 79.9. The molecule has 0 bridgehead atoms. The van der Waals surface area contributed by atoms with Crippen molar-refractivity contribution in [3.05, 3.63) is 69.2 Å². The van der Waals surface area contributed by atoms with Gasteiger partial charge in [-0.2, -0.15) is 0 Å². The van der Waals surface area contributed by atoms with E-state index in [-0.39, 0.29) is 6.10 Å². The van der Waals surface area contributed by atoms with Crippen molar-refractivity contribution in [2.75, 3.05) is 32.8 Å². The molecule has 2 unspecified atom stereocenters. The highest BCUT2D eigenvalue weighted by molar-refractivity contribution is 9.10. The van der Waals surface area contributed by atoms with Gasteiger partial charge in [0.2, 0.25) is 0 Å². The number of ether oxygens (including phenoxy) is 2. The van der Waals surface area contributed by atoms with Gasteiger partial charge in [0.15, 0.2) is 0 Å². The summed E-state index contributed by atoms with van der Waals surface area (Å²) in [5.74, 6) is 0. The van der Waals surface area contributed by atoms with Gasteiger partial charge in [0.25, 0.3) is 0 Å². The van der Waals surface area contributed by atoms with Gasteiger partial charge in [0.1, 0.15) is 0 Å². The molecule has 1 fully saturated rings. The first-order valence-corrected chi connectivity index (χ1v) is 9.87. The molecule has 2 aromatic rings. The van der Waals surface area contributed by atoms with Crippen LogP contribution in [0, 0.1) is 0 Å². The zero-order valence-electron chi connectivity index (χ0n) is 14.5. The van der Waals surface area contributed by atoms with Crippen LogP contribution in [0.1, 0.15) is 17.2 Å². The van der Waals surface area contributed by atoms with Gasteiger partial charge in [-0.05, 0) is 35.4 Å². The Hall–Kier alpha value is -0.950. The maximum atomic E-state index is 10.3. The number of halogens is 2. The molecule has 1 aliphatic heterocycles. The fourth-order valence-electron chi connectivity index (χ4n) is 3.02. The number of rotatable bonds is 7. The fraction of sp³-hybridized carbons (Fsp3) is 0.400. The van der Waals surface area contributed by atoms with E-state index in [0.717, 1.165) is 28.7 Å². The van der Waals surface area contributed by atoms with Gasteiger partial charge in [-0.15, -0.1) is 0 Å². The average Bonchev–Trinajstić information content (AvgIpc) is 2.64. The number of aliphatic hydroxyl groups excluding tert-OH is 1. The van der Waals surface area contributed by atoms with E-state index in [1.54, 1.807) is 0 Å². The molecule has 1 heterocycles. The van der Waals surface area contributed by atoms with E-state index in [4.69, 9.17) is 21.1 Å². The van der Waals surface area contributed by atoms with Crippen molar-refractivity contribution in [3.8, 4) is 0 Å². The Morgan fingerprint density at radius 3 is 2.85 bits per heavy atom. The van der Waals surface area contributed by atoms with Crippen molar-refractivity contribution in [1.29, 1.82) is 0 Å². The van der Waals surface area contributed by atoms with Gasteiger partial charge < -0.3 is 14.6 Å². The van der Waals surface area contributed by atoms with Gasteiger partial charge in [-0.1, -0.05) is 51.8 Å². The summed E-state index contributed by atoms with van der Waals surface area (Å²) in [5, 5.41) is 11.0. The Kier molecular flexibility index (Phi) is 7.49. The highest BCUT2D eigenvalue weighted by Crippen LogP contribution is 2.24. The first kappa shape index (κ1) is 19.8. The third-order valence-corrected chi connectivity index (χ3v) is 5.08. The lowest BCUT2D eigenvalue weighted by Crippen LogP contribution is -2.43. The summed E-state index contributed by atoms with van der Waals surface area (Å²) < 4.78 is 12.6. The number of benzene rings is 2. The Labute approximate surface area is 167 Å². The van der Waals surface area contributed by atoms with Crippen LogP contribution in [-0.4, -0.2) is 49.0 Å². The first-order chi connectivity index (χ1) is 12.6. The van der Waals surface area contributed by atoms with Crippen LogP contribution in [0.15, 0.2) is 53.0 Å². The van der Waals surface area contributed by atoms with E-state index in [1.807, 2.05) is 36.4 Å². The molecule has 6 heteroatoms. The second-order valence-corrected chi connectivity index (χ2v) is 7.82. The minimum atomic E-state index is -0.524. The Morgan fingerprint density at radius 1 is 1.27 bits per heavy atom. The molecule has 1 aliphatic rings. The summed E-state index contributed by atoms with van der Waals surface area (Å²) in [6.07, 6.45) is -0.494. The predicted molar refractivity (Wildman–Crippen MR) is 106 cm³/mol. The molecular weight excluding hydrogens is 418 g/mol. The lowest BCUT2D eigenvalue weighted by molar-refractivity contribution is -0.0536. The highest BCUT2D eigenvalue weighted by Gasteiger charge is 2.23. The van der Waals surface area contributed by atoms with Crippen LogP contribution < -0.4 is 0 Å². The molecular formula is C20H23BrClNO3. The monoisotopic (exact) mass is 439 g/mol. The van der Waals surface area contributed by atoms with Gasteiger partial charge in [0.05, 0.1) is 32.0 Å². The predicted octanol–water partition coefficient (Wildman–Crippen LogP) is 4.05. The molecule has 2 atom stereocenters. The van der Waals surface area contributed by atoms with E-state index in [2.05, 4.69) is 33.0 Å². The molecule has 2 aromatic carbocycles. The largest absolute Gasteiger partial charge is 0.389 e. The molecule has 3 rings (SSSR count). The number of hydrogen-bond donors (Lipinski definition) is 1. The van der Waals surface area contributed by atoms with Crippen molar-refractivity contribution >= 4 is 27.5 Å². The Morgan fingerprint density at radius 2 is 2.08 bits per heavy atom. The topological polar surface area (TPSA) is 41.9 Å². The standard InChI is InChI=1S/C20H23BrClNO3/c21-17-3-1-2-16(10-17)20-12-23(8-9-26-20)11-19(24)14-25-13-15-4-6-18(22)7-5-15/h1-7,10,19-20,24H,8-9,11-14H2. The second-order valence-electron chi connectivity index (χ2n) is 6.47. The van der Waals surface area contributed by atoms with Crippen molar-refractivity contribution in [2.24, 2.45) is 0 Å². The van der Waals surface area contributed by atoms with Crippen LogP contribution in [-0.2, 0) is 16.1 Å². The maximum Gasteiger partial charge on any atom is 0.0952 e. The van der Waals surface area contributed by atoms with Crippen LogP contribution >= 0.6 is 27.5 Å². The van der Waals surface area contributed by atoms with E-state index in [0.29, 0.717) is 31.4 Å². The first-order valence-electron chi connectivity index (χ1n) is 8.70. The Bertz CT molecular complexity index is 698. The normalized spacial score (nSPS) is 19.4. The molecule has 0 aliphatic carbocycles. The third-order valence-electron chi connectivity index (χ3n) is 4.33. The Balaban J connectivity index is 1.43. The van der Waals surface area contributed by atoms with E-state index in [9.17, 15) is 5.11 Å². The molecule has 0 radical (unpaired) electrons. The van der Waals surface area contributed by atoms with Crippen molar-refractivity contribution in [1.82, 2.24) is 4.90 Å². The molecule has 26 heavy (non-hydrogen) atoms. The molecule has 0 aromatic heterocycles. The second kappa shape index (κ2) is 9.83. The summed E-state index contributed by atoms with van der Waals surface area (Å²) in [6.45, 7) is 3.60. The smallest absolute Gasteiger partial charge is 0.0952 e. The van der Waals surface area contributed by atoms with Crippen molar-refractivity contribution in [3.63, 3.8) is 0 Å². The van der Waals surface area contributed by atoms with Crippen LogP contribution in [0.25, 0.3) is 0 Å².